The SMILES string of the molecule is COC(=O)c1cccn1-c1ccc(C)cc1. The second kappa shape index (κ2) is 4.23. The molecule has 1 heterocycles. The second-order valence-electron chi connectivity index (χ2n) is 3.59. The van der Waals surface area contributed by atoms with E-state index in [9.17, 15) is 4.79 Å². The molecule has 16 heavy (non-hydrogen) atoms. The summed E-state index contributed by atoms with van der Waals surface area (Å²) in [5.74, 6) is -0.328. The maximum atomic E-state index is 11.5. The monoisotopic (exact) mass is 215 g/mol. The molecule has 0 amide bonds. The first kappa shape index (κ1) is 10.5. The van der Waals surface area contributed by atoms with Crippen molar-refractivity contribution in [3.8, 4) is 5.69 Å². The number of esters is 1. The van der Waals surface area contributed by atoms with Crippen LogP contribution < -0.4 is 0 Å². The summed E-state index contributed by atoms with van der Waals surface area (Å²) in [6.07, 6.45) is 1.84. The molecule has 0 aliphatic rings. The third-order valence-electron chi connectivity index (χ3n) is 2.46. The summed E-state index contributed by atoms with van der Waals surface area (Å²) in [4.78, 5) is 11.5. The van der Waals surface area contributed by atoms with Crippen LogP contribution in [0.1, 0.15) is 16.1 Å². The molecule has 0 saturated carbocycles. The van der Waals surface area contributed by atoms with E-state index in [-0.39, 0.29) is 5.97 Å². The van der Waals surface area contributed by atoms with Gasteiger partial charge in [0.05, 0.1) is 7.11 Å². The van der Waals surface area contributed by atoms with Gasteiger partial charge in [0, 0.05) is 11.9 Å². The normalized spacial score (nSPS) is 10.1. The van der Waals surface area contributed by atoms with Gasteiger partial charge in [-0.15, -0.1) is 0 Å². The highest BCUT2D eigenvalue weighted by atomic mass is 16.5. The second-order valence-corrected chi connectivity index (χ2v) is 3.59. The first-order valence-corrected chi connectivity index (χ1v) is 5.05. The van der Waals surface area contributed by atoms with Gasteiger partial charge in [0.1, 0.15) is 5.69 Å². The van der Waals surface area contributed by atoms with Crippen molar-refractivity contribution in [3.63, 3.8) is 0 Å². The maximum Gasteiger partial charge on any atom is 0.355 e. The van der Waals surface area contributed by atoms with Gasteiger partial charge < -0.3 is 9.30 Å². The largest absolute Gasteiger partial charge is 0.464 e. The number of aromatic nitrogens is 1. The van der Waals surface area contributed by atoms with Gasteiger partial charge >= 0.3 is 5.97 Å². The van der Waals surface area contributed by atoms with E-state index in [1.165, 1.54) is 12.7 Å². The third-order valence-corrected chi connectivity index (χ3v) is 2.46. The zero-order chi connectivity index (χ0) is 11.5. The smallest absolute Gasteiger partial charge is 0.355 e. The highest BCUT2D eigenvalue weighted by molar-refractivity contribution is 5.88. The Kier molecular flexibility index (Phi) is 2.77. The van der Waals surface area contributed by atoms with Gasteiger partial charge in [0.15, 0.2) is 0 Å². The molecule has 0 aliphatic carbocycles. The highest BCUT2D eigenvalue weighted by Gasteiger charge is 2.11. The van der Waals surface area contributed by atoms with Gasteiger partial charge in [-0.05, 0) is 31.2 Å². The van der Waals surface area contributed by atoms with Crippen LogP contribution in [0, 0.1) is 6.92 Å². The summed E-state index contributed by atoms with van der Waals surface area (Å²) in [7, 11) is 1.38. The fraction of sp³-hybridized carbons (Fsp3) is 0.154. The first-order chi connectivity index (χ1) is 7.72. The molecular weight excluding hydrogens is 202 g/mol. The van der Waals surface area contributed by atoms with E-state index in [0.717, 1.165) is 5.69 Å². The number of hydrogen-bond acceptors (Lipinski definition) is 2. The highest BCUT2D eigenvalue weighted by Crippen LogP contribution is 2.14. The lowest BCUT2D eigenvalue weighted by Crippen LogP contribution is -2.08. The minimum atomic E-state index is -0.328. The number of benzene rings is 1. The van der Waals surface area contributed by atoms with Gasteiger partial charge in [0.2, 0.25) is 0 Å². The molecule has 3 nitrogen and oxygen atoms in total. The van der Waals surface area contributed by atoms with Gasteiger partial charge in [-0.3, -0.25) is 0 Å². The summed E-state index contributed by atoms with van der Waals surface area (Å²) in [5, 5.41) is 0. The Balaban J connectivity index is 2.44. The topological polar surface area (TPSA) is 31.2 Å². The van der Waals surface area contributed by atoms with Crippen molar-refractivity contribution < 1.29 is 9.53 Å². The minimum absolute atomic E-state index is 0.328. The van der Waals surface area contributed by atoms with Crippen LogP contribution in [0.25, 0.3) is 5.69 Å². The number of methoxy groups -OCH3 is 1. The Bertz CT molecular complexity index is 497. The molecule has 0 radical (unpaired) electrons. The molecule has 0 bridgehead atoms. The van der Waals surface area contributed by atoms with E-state index in [4.69, 9.17) is 4.74 Å². The number of hydrogen-bond donors (Lipinski definition) is 0. The number of carbonyl (C=O) groups excluding carboxylic acids is 1. The molecular formula is C13H13NO2. The summed E-state index contributed by atoms with van der Waals surface area (Å²) < 4.78 is 6.53. The number of rotatable bonds is 2. The predicted molar refractivity (Wildman–Crippen MR) is 61.8 cm³/mol. The lowest BCUT2D eigenvalue weighted by Gasteiger charge is -2.07. The van der Waals surface area contributed by atoms with Crippen molar-refractivity contribution in [2.24, 2.45) is 0 Å². The van der Waals surface area contributed by atoms with Crippen molar-refractivity contribution in [2.45, 2.75) is 6.92 Å². The molecule has 2 aromatic rings. The number of aryl methyl sites for hydroxylation is 1. The van der Waals surface area contributed by atoms with Crippen molar-refractivity contribution in [1.29, 1.82) is 0 Å². The standard InChI is InChI=1S/C13H13NO2/c1-10-5-7-11(8-6-10)14-9-3-4-12(14)13(15)16-2/h3-9H,1-2H3. The molecule has 2 rings (SSSR count). The Morgan fingerprint density at radius 1 is 1.19 bits per heavy atom. The summed E-state index contributed by atoms with van der Waals surface area (Å²) in [6.45, 7) is 2.03. The average molecular weight is 215 g/mol. The van der Waals surface area contributed by atoms with Crippen LogP contribution in [0.2, 0.25) is 0 Å². The zero-order valence-electron chi connectivity index (χ0n) is 9.31. The minimum Gasteiger partial charge on any atom is -0.464 e. The maximum absolute atomic E-state index is 11.5. The van der Waals surface area contributed by atoms with E-state index >= 15 is 0 Å². The summed E-state index contributed by atoms with van der Waals surface area (Å²) >= 11 is 0. The molecule has 0 saturated heterocycles. The van der Waals surface area contributed by atoms with Gasteiger partial charge in [0.25, 0.3) is 0 Å². The first-order valence-electron chi connectivity index (χ1n) is 5.05. The number of ether oxygens (including phenoxy) is 1. The van der Waals surface area contributed by atoms with Crippen molar-refractivity contribution >= 4 is 5.97 Å². The van der Waals surface area contributed by atoms with E-state index < -0.39 is 0 Å². The quantitative estimate of drug-likeness (QED) is 0.721. The van der Waals surface area contributed by atoms with Gasteiger partial charge in [-0.25, -0.2) is 4.79 Å². The Hall–Kier alpha value is -2.03. The zero-order valence-corrected chi connectivity index (χ0v) is 9.31. The molecule has 0 unspecified atom stereocenters. The van der Waals surface area contributed by atoms with E-state index in [1.807, 2.05) is 48.0 Å². The molecule has 3 heteroatoms. The number of nitrogens with zero attached hydrogens (tertiary/aromatic N) is 1. The summed E-state index contributed by atoms with van der Waals surface area (Å²) in [5.41, 5.74) is 2.68. The molecule has 0 spiro atoms. The lowest BCUT2D eigenvalue weighted by molar-refractivity contribution is 0.0591. The van der Waals surface area contributed by atoms with Crippen LogP contribution in [-0.2, 0) is 4.74 Å². The van der Waals surface area contributed by atoms with Crippen LogP contribution in [-0.4, -0.2) is 17.6 Å². The fourth-order valence-electron chi connectivity index (χ4n) is 1.58. The summed E-state index contributed by atoms with van der Waals surface area (Å²) in [6, 6.07) is 11.5. The number of carbonyl (C=O) groups is 1. The van der Waals surface area contributed by atoms with Crippen molar-refractivity contribution in [1.82, 2.24) is 4.57 Å². The Morgan fingerprint density at radius 3 is 2.50 bits per heavy atom. The van der Waals surface area contributed by atoms with Crippen molar-refractivity contribution in [3.05, 3.63) is 53.9 Å². The molecule has 1 aromatic carbocycles. The van der Waals surface area contributed by atoms with E-state index in [2.05, 4.69) is 0 Å². The van der Waals surface area contributed by atoms with Crippen LogP contribution >= 0.6 is 0 Å². The molecule has 0 N–H and O–H groups in total. The van der Waals surface area contributed by atoms with Gasteiger partial charge in [-0.1, -0.05) is 17.7 Å². The van der Waals surface area contributed by atoms with Crippen molar-refractivity contribution in [2.75, 3.05) is 7.11 Å². The van der Waals surface area contributed by atoms with Crippen LogP contribution in [0.3, 0.4) is 0 Å². The Morgan fingerprint density at radius 2 is 1.88 bits per heavy atom. The lowest BCUT2D eigenvalue weighted by atomic mass is 10.2. The molecule has 1 aromatic heterocycles. The fourth-order valence-corrected chi connectivity index (χ4v) is 1.58. The van der Waals surface area contributed by atoms with Crippen LogP contribution in [0.5, 0.6) is 0 Å². The van der Waals surface area contributed by atoms with Crippen LogP contribution in [0.15, 0.2) is 42.6 Å². The molecule has 0 aliphatic heterocycles. The van der Waals surface area contributed by atoms with E-state index in [1.54, 1.807) is 6.07 Å². The molecule has 0 atom stereocenters. The van der Waals surface area contributed by atoms with E-state index in [0.29, 0.717) is 5.69 Å². The van der Waals surface area contributed by atoms with Gasteiger partial charge in [-0.2, -0.15) is 0 Å². The van der Waals surface area contributed by atoms with Crippen LogP contribution in [0.4, 0.5) is 0 Å². The Labute approximate surface area is 94.3 Å². The average Bonchev–Trinajstić information content (AvgIpc) is 2.78. The molecule has 0 fully saturated rings. The third kappa shape index (κ3) is 1.84. The predicted octanol–water partition coefficient (Wildman–Crippen LogP) is 2.57. The molecule has 82 valence electrons.